The molecule has 2 unspecified atom stereocenters. The van der Waals surface area contributed by atoms with Gasteiger partial charge < -0.3 is 19.8 Å². The predicted molar refractivity (Wildman–Crippen MR) is 95.5 cm³/mol. The van der Waals surface area contributed by atoms with Gasteiger partial charge in [-0.05, 0) is 36.8 Å². The van der Waals surface area contributed by atoms with Crippen LogP contribution < -0.4 is 10.6 Å². The largest absolute Gasteiger partial charge is 0.468 e. The summed E-state index contributed by atoms with van der Waals surface area (Å²) in [6, 6.07) is 8.83. The lowest BCUT2D eigenvalue weighted by Gasteiger charge is -2.40. The molecule has 2 heterocycles. The van der Waals surface area contributed by atoms with Gasteiger partial charge >= 0.3 is 0 Å². The van der Waals surface area contributed by atoms with Crippen molar-refractivity contribution in [2.45, 2.75) is 19.0 Å². The van der Waals surface area contributed by atoms with Crippen LogP contribution in [0.4, 0.5) is 5.69 Å². The molecule has 0 saturated carbocycles. The molecule has 1 aromatic carbocycles. The fraction of sp³-hybridized carbons (Fsp3) is 0.389. The second-order valence-corrected chi connectivity index (χ2v) is 6.56. The van der Waals surface area contributed by atoms with E-state index in [4.69, 9.17) is 21.8 Å². The Bertz CT molecular complexity index is 682. The van der Waals surface area contributed by atoms with Crippen LogP contribution in [0.1, 0.15) is 17.4 Å². The van der Waals surface area contributed by atoms with Gasteiger partial charge in [-0.1, -0.05) is 17.7 Å². The first-order chi connectivity index (χ1) is 11.6. The SMILES string of the molecule is Cc1ccc(Cl)cc1N1CCN(C(c2ccco2)C(N)C=O)CC1. The van der Waals surface area contributed by atoms with Crippen molar-refractivity contribution in [1.29, 1.82) is 0 Å². The maximum atomic E-state index is 11.2. The first-order valence-corrected chi connectivity index (χ1v) is 8.47. The van der Waals surface area contributed by atoms with Crippen LogP contribution in [-0.4, -0.2) is 43.4 Å². The Morgan fingerprint density at radius 1 is 1.25 bits per heavy atom. The third-order valence-corrected chi connectivity index (χ3v) is 4.81. The number of aldehydes is 1. The lowest BCUT2D eigenvalue weighted by Crippen LogP contribution is -2.52. The van der Waals surface area contributed by atoms with Gasteiger partial charge in [0.25, 0.3) is 0 Å². The molecule has 128 valence electrons. The molecule has 1 aliphatic rings. The number of rotatable bonds is 5. The highest BCUT2D eigenvalue weighted by molar-refractivity contribution is 6.30. The van der Waals surface area contributed by atoms with Crippen LogP contribution in [0.15, 0.2) is 41.0 Å². The van der Waals surface area contributed by atoms with Gasteiger partial charge in [0.1, 0.15) is 12.0 Å². The fourth-order valence-electron chi connectivity index (χ4n) is 3.31. The number of carbonyl (C=O) groups excluding carboxylic acids is 1. The van der Waals surface area contributed by atoms with Crippen LogP contribution in [0.3, 0.4) is 0 Å². The van der Waals surface area contributed by atoms with Gasteiger partial charge in [-0.2, -0.15) is 0 Å². The maximum Gasteiger partial charge on any atom is 0.138 e. The molecule has 0 radical (unpaired) electrons. The summed E-state index contributed by atoms with van der Waals surface area (Å²) >= 11 is 6.14. The van der Waals surface area contributed by atoms with Crippen LogP contribution in [-0.2, 0) is 4.79 Å². The van der Waals surface area contributed by atoms with Gasteiger partial charge in [-0.25, -0.2) is 0 Å². The Labute approximate surface area is 147 Å². The Morgan fingerprint density at radius 2 is 2.00 bits per heavy atom. The molecule has 2 aromatic rings. The number of aryl methyl sites for hydroxylation is 1. The average molecular weight is 348 g/mol. The Morgan fingerprint density at radius 3 is 2.62 bits per heavy atom. The van der Waals surface area contributed by atoms with Crippen LogP contribution in [0.2, 0.25) is 5.02 Å². The number of benzene rings is 1. The fourth-order valence-corrected chi connectivity index (χ4v) is 3.48. The number of nitrogens with two attached hydrogens (primary N) is 1. The summed E-state index contributed by atoms with van der Waals surface area (Å²) in [6.45, 7) is 5.40. The highest BCUT2D eigenvalue weighted by Crippen LogP contribution is 2.29. The molecule has 5 nitrogen and oxygen atoms in total. The lowest BCUT2D eigenvalue weighted by atomic mass is 10.0. The van der Waals surface area contributed by atoms with E-state index in [-0.39, 0.29) is 6.04 Å². The zero-order valence-electron chi connectivity index (χ0n) is 13.7. The third kappa shape index (κ3) is 3.48. The van der Waals surface area contributed by atoms with E-state index in [1.54, 1.807) is 6.26 Å². The Balaban J connectivity index is 1.73. The number of carbonyl (C=O) groups is 1. The minimum absolute atomic E-state index is 0.222. The molecule has 0 bridgehead atoms. The van der Waals surface area contributed by atoms with Crippen molar-refractivity contribution in [2.24, 2.45) is 5.73 Å². The van der Waals surface area contributed by atoms with E-state index in [1.807, 2.05) is 30.3 Å². The molecule has 1 aromatic heterocycles. The van der Waals surface area contributed by atoms with E-state index in [9.17, 15) is 4.79 Å². The van der Waals surface area contributed by atoms with E-state index in [2.05, 4.69) is 16.7 Å². The number of halogens is 1. The topological polar surface area (TPSA) is 62.7 Å². The number of hydrogen-bond donors (Lipinski definition) is 1. The second kappa shape index (κ2) is 7.38. The highest BCUT2D eigenvalue weighted by atomic mass is 35.5. The normalized spacial score (nSPS) is 18.4. The van der Waals surface area contributed by atoms with E-state index in [1.165, 1.54) is 5.56 Å². The second-order valence-electron chi connectivity index (χ2n) is 6.13. The molecule has 0 aliphatic carbocycles. The summed E-state index contributed by atoms with van der Waals surface area (Å²) < 4.78 is 5.51. The molecular weight excluding hydrogens is 326 g/mol. The van der Waals surface area contributed by atoms with Gasteiger partial charge in [0, 0.05) is 36.9 Å². The highest BCUT2D eigenvalue weighted by Gasteiger charge is 2.31. The average Bonchev–Trinajstić information content (AvgIpc) is 3.12. The van der Waals surface area contributed by atoms with Crippen LogP contribution in [0, 0.1) is 6.92 Å². The number of nitrogens with zero attached hydrogens (tertiary/aromatic N) is 2. The molecule has 1 aliphatic heterocycles. The first kappa shape index (κ1) is 17.0. The molecule has 1 fully saturated rings. The van der Waals surface area contributed by atoms with Crippen LogP contribution in [0.25, 0.3) is 0 Å². The van der Waals surface area contributed by atoms with Gasteiger partial charge in [0.05, 0.1) is 18.3 Å². The zero-order chi connectivity index (χ0) is 17.1. The van der Waals surface area contributed by atoms with Crippen molar-refractivity contribution in [3.8, 4) is 0 Å². The summed E-state index contributed by atoms with van der Waals surface area (Å²) in [4.78, 5) is 15.8. The van der Waals surface area contributed by atoms with Crippen molar-refractivity contribution in [1.82, 2.24) is 4.90 Å². The van der Waals surface area contributed by atoms with Crippen molar-refractivity contribution in [2.75, 3.05) is 31.1 Å². The number of anilines is 1. The molecule has 3 rings (SSSR count). The smallest absolute Gasteiger partial charge is 0.138 e. The molecule has 2 N–H and O–H groups in total. The van der Waals surface area contributed by atoms with Gasteiger partial charge in [-0.15, -0.1) is 0 Å². The summed E-state index contributed by atoms with van der Waals surface area (Å²) in [5, 5.41) is 0.745. The monoisotopic (exact) mass is 347 g/mol. The Kier molecular flexibility index (Phi) is 5.23. The lowest BCUT2D eigenvalue weighted by molar-refractivity contribution is -0.110. The van der Waals surface area contributed by atoms with Crippen LogP contribution in [0.5, 0.6) is 0 Å². The van der Waals surface area contributed by atoms with Crippen molar-refractivity contribution in [3.63, 3.8) is 0 Å². The minimum Gasteiger partial charge on any atom is -0.468 e. The van der Waals surface area contributed by atoms with E-state index in [0.717, 1.165) is 48.9 Å². The van der Waals surface area contributed by atoms with E-state index < -0.39 is 6.04 Å². The number of furan rings is 1. The van der Waals surface area contributed by atoms with Crippen LogP contribution >= 0.6 is 11.6 Å². The van der Waals surface area contributed by atoms with Crippen molar-refractivity contribution in [3.05, 3.63) is 52.9 Å². The van der Waals surface area contributed by atoms with E-state index in [0.29, 0.717) is 0 Å². The molecule has 2 atom stereocenters. The zero-order valence-corrected chi connectivity index (χ0v) is 14.4. The standard InChI is InChI=1S/C18H22ClN3O2/c1-13-4-5-14(19)11-16(13)21-6-8-22(9-7-21)18(15(20)12-23)17-3-2-10-24-17/h2-5,10-12,15,18H,6-9,20H2,1H3. The van der Waals surface area contributed by atoms with Crippen molar-refractivity contribution < 1.29 is 9.21 Å². The quantitative estimate of drug-likeness (QED) is 0.842. The molecule has 6 heteroatoms. The third-order valence-electron chi connectivity index (χ3n) is 4.58. The summed E-state index contributed by atoms with van der Waals surface area (Å²) in [7, 11) is 0. The van der Waals surface area contributed by atoms with Crippen molar-refractivity contribution >= 4 is 23.6 Å². The van der Waals surface area contributed by atoms with Gasteiger partial charge in [0.2, 0.25) is 0 Å². The maximum absolute atomic E-state index is 11.2. The first-order valence-electron chi connectivity index (χ1n) is 8.09. The Hall–Kier alpha value is -1.82. The summed E-state index contributed by atoms with van der Waals surface area (Å²) in [5.41, 5.74) is 8.40. The molecular formula is C18H22ClN3O2. The molecule has 1 saturated heterocycles. The number of piperazine rings is 1. The summed E-state index contributed by atoms with van der Waals surface area (Å²) in [5.74, 6) is 0.738. The predicted octanol–water partition coefficient (Wildman–Crippen LogP) is 2.63. The summed E-state index contributed by atoms with van der Waals surface area (Å²) in [6.07, 6.45) is 2.41. The number of hydrogen-bond acceptors (Lipinski definition) is 5. The molecule has 0 spiro atoms. The molecule has 0 amide bonds. The molecule has 24 heavy (non-hydrogen) atoms. The van der Waals surface area contributed by atoms with Gasteiger partial charge in [-0.3, -0.25) is 4.90 Å². The van der Waals surface area contributed by atoms with E-state index >= 15 is 0 Å². The minimum atomic E-state index is -0.601. The van der Waals surface area contributed by atoms with Gasteiger partial charge in [0.15, 0.2) is 0 Å².